The Balaban J connectivity index is 3.02. The molecule has 1 atom stereocenters. The third-order valence-electron chi connectivity index (χ3n) is 1.26. The predicted molar refractivity (Wildman–Crippen MR) is 41.5 cm³/mol. The molecule has 0 aliphatic heterocycles. The zero-order valence-electron chi connectivity index (χ0n) is 6.23. The molecule has 1 heterocycles. The van der Waals surface area contributed by atoms with Gasteiger partial charge in [0, 0.05) is 24.5 Å². The minimum absolute atomic E-state index is 0.203. The molecule has 1 aromatic heterocycles. The van der Waals surface area contributed by atoms with Gasteiger partial charge in [0.2, 0.25) is 0 Å². The van der Waals surface area contributed by atoms with E-state index in [1.165, 1.54) is 19.3 Å². The van der Waals surface area contributed by atoms with Crippen molar-refractivity contribution in [1.29, 1.82) is 0 Å². The Hall–Kier alpha value is -1.01. The van der Waals surface area contributed by atoms with Gasteiger partial charge in [0.1, 0.15) is 0 Å². The molecule has 0 radical (unpaired) electrons. The van der Waals surface area contributed by atoms with Gasteiger partial charge < -0.3 is 4.55 Å². The van der Waals surface area contributed by atoms with E-state index in [9.17, 15) is 13.2 Å². The average molecular weight is 189 g/mol. The minimum Gasteiger partial charge on any atom is -0.755 e. The molecule has 0 N–H and O–H groups in total. The number of anilines is 1. The third-order valence-corrected chi connectivity index (χ3v) is 1.88. The molecule has 4 nitrogen and oxygen atoms in total. The van der Waals surface area contributed by atoms with E-state index in [1.54, 1.807) is 0 Å². The van der Waals surface area contributed by atoms with Crippen LogP contribution >= 0.6 is 0 Å². The summed E-state index contributed by atoms with van der Waals surface area (Å²) in [6.45, 7) is 0. The van der Waals surface area contributed by atoms with Crippen LogP contribution in [0.15, 0.2) is 18.3 Å². The fourth-order valence-electron chi connectivity index (χ4n) is 0.680. The summed E-state index contributed by atoms with van der Waals surface area (Å²) in [7, 11) is 1.22. The molecular weight excluding hydrogens is 183 g/mol. The van der Waals surface area contributed by atoms with Gasteiger partial charge >= 0.3 is 0 Å². The summed E-state index contributed by atoms with van der Waals surface area (Å²) in [5, 5.41) is 0. The molecule has 0 fully saturated rings. The molecule has 0 aromatic carbocycles. The maximum atomic E-state index is 12.8. The number of pyridine rings is 1. The van der Waals surface area contributed by atoms with Crippen molar-refractivity contribution in [2.75, 3.05) is 11.4 Å². The molecule has 6 heteroatoms. The van der Waals surface area contributed by atoms with Crippen LogP contribution in [0, 0.1) is 5.82 Å². The lowest BCUT2D eigenvalue weighted by Crippen LogP contribution is -2.21. The SMILES string of the molecule is CN(c1ncccc1F)S(=O)[O-]. The van der Waals surface area contributed by atoms with Crippen LogP contribution in [0.25, 0.3) is 0 Å². The second-order valence-electron chi connectivity index (χ2n) is 2.02. The number of nitrogens with zero attached hydrogens (tertiary/aromatic N) is 2. The summed E-state index contributed by atoms with van der Waals surface area (Å²) in [6.07, 6.45) is 1.32. The van der Waals surface area contributed by atoms with Crippen LogP contribution < -0.4 is 4.31 Å². The van der Waals surface area contributed by atoms with E-state index < -0.39 is 17.1 Å². The molecular formula is C6H6FN2O2S-. The molecule has 1 rings (SSSR count). The van der Waals surface area contributed by atoms with Crippen molar-refractivity contribution in [3.8, 4) is 0 Å². The Bertz CT molecular complexity index is 307. The number of hydrogen-bond donors (Lipinski definition) is 0. The van der Waals surface area contributed by atoms with E-state index in [-0.39, 0.29) is 5.82 Å². The van der Waals surface area contributed by atoms with Crippen molar-refractivity contribution in [3.63, 3.8) is 0 Å². The van der Waals surface area contributed by atoms with Gasteiger partial charge in [-0.1, -0.05) is 0 Å². The van der Waals surface area contributed by atoms with Crippen LogP contribution in [0.2, 0.25) is 0 Å². The summed E-state index contributed by atoms with van der Waals surface area (Å²) < 4.78 is 34.3. The molecule has 1 aromatic rings. The summed E-state index contributed by atoms with van der Waals surface area (Å²) in [5.74, 6) is -0.866. The molecule has 0 bridgehead atoms. The standard InChI is InChI=1S/C6H7FN2O2S/c1-9(12(10)11)6-5(7)3-2-4-8-6/h2-4H,1H3,(H,10,11)/p-1. The number of halogens is 1. The van der Waals surface area contributed by atoms with Crippen LogP contribution in [0.5, 0.6) is 0 Å². The van der Waals surface area contributed by atoms with E-state index in [1.807, 2.05) is 0 Å². The normalized spacial score (nSPS) is 12.6. The highest BCUT2D eigenvalue weighted by atomic mass is 32.2. The van der Waals surface area contributed by atoms with E-state index in [0.717, 1.165) is 10.4 Å². The van der Waals surface area contributed by atoms with Crippen LogP contribution in [0.3, 0.4) is 0 Å². The van der Waals surface area contributed by atoms with E-state index in [0.29, 0.717) is 0 Å². The molecule has 12 heavy (non-hydrogen) atoms. The van der Waals surface area contributed by atoms with Crippen molar-refractivity contribution < 1.29 is 13.2 Å². The van der Waals surface area contributed by atoms with Gasteiger partial charge in [-0.2, -0.15) is 0 Å². The van der Waals surface area contributed by atoms with Crippen LogP contribution in [0.4, 0.5) is 10.2 Å². The van der Waals surface area contributed by atoms with E-state index in [2.05, 4.69) is 4.98 Å². The summed E-state index contributed by atoms with van der Waals surface area (Å²) in [5.41, 5.74) is 0. The third kappa shape index (κ3) is 1.77. The Labute approximate surface area is 71.5 Å². The van der Waals surface area contributed by atoms with Crippen LogP contribution in [-0.4, -0.2) is 20.8 Å². The largest absolute Gasteiger partial charge is 0.755 e. The van der Waals surface area contributed by atoms with Gasteiger partial charge in [-0.15, -0.1) is 0 Å². The van der Waals surface area contributed by atoms with Gasteiger partial charge in [-0.25, -0.2) is 9.37 Å². The first-order chi connectivity index (χ1) is 5.63. The summed E-state index contributed by atoms with van der Waals surface area (Å²) in [4.78, 5) is 3.56. The highest BCUT2D eigenvalue weighted by molar-refractivity contribution is 7.80. The van der Waals surface area contributed by atoms with Gasteiger partial charge in [0.25, 0.3) is 0 Å². The molecule has 0 spiro atoms. The first-order valence-electron chi connectivity index (χ1n) is 3.06. The van der Waals surface area contributed by atoms with Gasteiger partial charge in [-0.05, 0) is 12.1 Å². The van der Waals surface area contributed by atoms with Gasteiger partial charge in [0.15, 0.2) is 11.6 Å². The van der Waals surface area contributed by atoms with Crippen LogP contribution in [-0.2, 0) is 11.3 Å². The summed E-state index contributed by atoms with van der Waals surface area (Å²) >= 11 is -2.49. The highest BCUT2D eigenvalue weighted by Crippen LogP contribution is 2.13. The van der Waals surface area contributed by atoms with E-state index >= 15 is 0 Å². The lowest BCUT2D eigenvalue weighted by atomic mass is 10.4. The molecule has 66 valence electrons. The van der Waals surface area contributed by atoms with Gasteiger partial charge in [0.05, 0.1) is 0 Å². The van der Waals surface area contributed by atoms with Crippen molar-refractivity contribution >= 4 is 17.1 Å². The summed E-state index contributed by atoms with van der Waals surface area (Å²) in [6, 6.07) is 2.53. The van der Waals surface area contributed by atoms with Crippen LogP contribution in [0.1, 0.15) is 0 Å². The lowest BCUT2D eigenvalue weighted by Gasteiger charge is -2.19. The molecule has 0 aliphatic rings. The first-order valence-corrected chi connectivity index (χ1v) is 4.09. The van der Waals surface area contributed by atoms with Crippen molar-refractivity contribution in [2.24, 2.45) is 0 Å². The quantitative estimate of drug-likeness (QED) is 0.635. The monoisotopic (exact) mass is 189 g/mol. The molecule has 0 saturated heterocycles. The zero-order valence-corrected chi connectivity index (χ0v) is 7.05. The Morgan fingerprint density at radius 1 is 1.75 bits per heavy atom. The maximum Gasteiger partial charge on any atom is 0.175 e. The second-order valence-corrected chi connectivity index (χ2v) is 3.01. The maximum absolute atomic E-state index is 12.8. The smallest absolute Gasteiger partial charge is 0.175 e. The average Bonchev–Trinajstić information content (AvgIpc) is 2.04. The first kappa shape index (κ1) is 9.08. The van der Waals surface area contributed by atoms with Crippen molar-refractivity contribution in [1.82, 2.24) is 4.98 Å². The second kappa shape index (κ2) is 3.59. The minimum atomic E-state index is -2.49. The lowest BCUT2D eigenvalue weighted by molar-refractivity contribution is 0.532. The molecule has 1 unspecified atom stereocenters. The Kier molecular flexibility index (Phi) is 2.72. The fourth-order valence-corrected chi connectivity index (χ4v) is 0.955. The topological polar surface area (TPSA) is 56.3 Å². The molecule has 0 aliphatic carbocycles. The fraction of sp³-hybridized carbons (Fsp3) is 0.167. The van der Waals surface area contributed by atoms with Crippen molar-refractivity contribution in [3.05, 3.63) is 24.1 Å². The highest BCUT2D eigenvalue weighted by Gasteiger charge is 2.07. The number of rotatable bonds is 2. The Morgan fingerprint density at radius 2 is 2.42 bits per heavy atom. The van der Waals surface area contributed by atoms with E-state index in [4.69, 9.17) is 0 Å². The molecule has 0 saturated carbocycles. The molecule has 0 amide bonds. The van der Waals surface area contributed by atoms with Gasteiger partial charge in [-0.3, -0.25) is 8.51 Å². The Morgan fingerprint density at radius 3 is 2.92 bits per heavy atom. The van der Waals surface area contributed by atoms with Crippen molar-refractivity contribution in [2.45, 2.75) is 0 Å². The number of aromatic nitrogens is 1. The zero-order chi connectivity index (χ0) is 9.14. The number of hydrogen-bond acceptors (Lipinski definition) is 3. The predicted octanol–water partition coefficient (Wildman–Crippen LogP) is 0.451.